The second-order valence-corrected chi connectivity index (χ2v) is 12.3. The molecular weight excluding hydrogens is 533 g/mol. The predicted molar refractivity (Wildman–Crippen MR) is 153 cm³/mol. The van der Waals surface area contributed by atoms with Crippen molar-refractivity contribution in [3.63, 3.8) is 0 Å². The van der Waals surface area contributed by atoms with Crippen LogP contribution in [0.1, 0.15) is 33.3 Å². The van der Waals surface area contributed by atoms with Crippen LogP contribution < -0.4 is 14.4 Å². The summed E-state index contributed by atoms with van der Waals surface area (Å²) in [7, 11) is -2.79. The molecule has 0 aromatic heterocycles. The first-order valence-corrected chi connectivity index (χ1v) is 14.3. The summed E-state index contributed by atoms with van der Waals surface area (Å²) in [6.45, 7) is 6.72. The molecule has 2 amide bonds. The first-order chi connectivity index (χ1) is 18.8. The molecule has 0 bridgehead atoms. The van der Waals surface area contributed by atoms with Gasteiger partial charge in [-0.25, -0.2) is 12.8 Å². The summed E-state index contributed by atoms with van der Waals surface area (Å²) in [4.78, 5) is 28.3. The Morgan fingerprint density at radius 3 is 2.10 bits per heavy atom. The second-order valence-electron chi connectivity index (χ2n) is 10.4. The second kappa shape index (κ2) is 13.0. The lowest BCUT2D eigenvalue weighted by molar-refractivity contribution is -0.139. The van der Waals surface area contributed by atoms with E-state index in [1.165, 1.54) is 48.4 Å². The van der Waals surface area contributed by atoms with Gasteiger partial charge in [0.25, 0.3) is 10.0 Å². The van der Waals surface area contributed by atoms with Gasteiger partial charge in [0.05, 0.1) is 17.7 Å². The fourth-order valence-electron chi connectivity index (χ4n) is 4.06. The molecule has 1 atom stereocenters. The molecule has 0 radical (unpaired) electrons. The fraction of sp³-hybridized carbons (Fsp3) is 0.333. The third-order valence-corrected chi connectivity index (χ3v) is 7.98. The molecular formula is C30H36FN3O5S. The minimum absolute atomic E-state index is 0.0696. The number of halogens is 1. The van der Waals surface area contributed by atoms with Crippen LogP contribution in [-0.2, 0) is 26.0 Å². The molecule has 8 nitrogen and oxygen atoms in total. The first kappa shape index (κ1) is 30.6. The van der Waals surface area contributed by atoms with Gasteiger partial charge in [0.15, 0.2) is 0 Å². The SMILES string of the molecule is COc1ccc(S(=O)(=O)N(CC(=O)N(CCc2ccccc2)[C@H](C)C(=O)NC(C)(C)C)c2ccc(F)cc2)cc1. The van der Waals surface area contributed by atoms with Crippen molar-refractivity contribution in [1.82, 2.24) is 10.2 Å². The van der Waals surface area contributed by atoms with Gasteiger partial charge >= 0.3 is 0 Å². The lowest BCUT2D eigenvalue weighted by Crippen LogP contribution is -2.55. The van der Waals surface area contributed by atoms with Crippen molar-refractivity contribution < 1.29 is 27.1 Å². The molecule has 0 saturated heterocycles. The van der Waals surface area contributed by atoms with Crippen molar-refractivity contribution in [3.8, 4) is 5.75 Å². The summed E-state index contributed by atoms with van der Waals surface area (Å²) >= 11 is 0. The Bertz CT molecular complexity index is 1390. The summed E-state index contributed by atoms with van der Waals surface area (Å²) in [5.74, 6) is -1.02. The van der Waals surface area contributed by atoms with E-state index in [-0.39, 0.29) is 23.0 Å². The zero-order chi connectivity index (χ0) is 29.5. The van der Waals surface area contributed by atoms with Gasteiger partial charge in [0.2, 0.25) is 11.8 Å². The van der Waals surface area contributed by atoms with Crippen molar-refractivity contribution in [2.45, 2.75) is 50.6 Å². The van der Waals surface area contributed by atoms with Gasteiger partial charge in [0.1, 0.15) is 24.2 Å². The van der Waals surface area contributed by atoms with E-state index >= 15 is 0 Å². The molecule has 1 N–H and O–H groups in total. The highest BCUT2D eigenvalue weighted by atomic mass is 32.2. The fourth-order valence-corrected chi connectivity index (χ4v) is 5.47. The number of anilines is 1. The van der Waals surface area contributed by atoms with Gasteiger partial charge in [-0.2, -0.15) is 0 Å². The molecule has 10 heteroatoms. The summed E-state index contributed by atoms with van der Waals surface area (Å²) in [6, 6.07) is 19.2. The first-order valence-electron chi connectivity index (χ1n) is 12.9. The zero-order valence-electron chi connectivity index (χ0n) is 23.4. The number of nitrogens with zero attached hydrogens (tertiary/aromatic N) is 2. The molecule has 3 aromatic rings. The van der Waals surface area contributed by atoms with E-state index in [9.17, 15) is 22.4 Å². The van der Waals surface area contributed by atoms with Gasteiger partial charge in [-0.05, 0) is 88.2 Å². The number of carbonyl (C=O) groups excluding carboxylic acids is 2. The third kappa shape index (κ3) is 8.05. The van der Waals surface area contributed by atoms with Crippen molar-refractivity contribution in [3.05, 3.63) is 90.2 Å². The monoisotopic (exact) mass is 569 g/mol. The average Bonchev–Trinajstić information content (AvgIpc) is 2.92. The van der Waals surface area contributed by atoms with Crippen molar-refractivity contribution in [2.75, 3.05) is 24.5 Å². The molecule has 3 aromatic carbocycles. The average molecular weight is 570 g/mol. The minimum atomic E-state index is -4.26. The molecule has 0 unspecified atom stereocenters. The number of nitrogens with one attached hydrogen (secondary N) is 1. The highest BCUT2D eigenvalue weighted by molar-refractivity contribution is 7.92. The summed E-state index contributed by atoms with van der Waals surface area (Å²) in [5, 5.41) is 2.89. The maximum Gasteiger partial charge on any atom is 0.264 e. The number of benzene rings is 3. The predicted octanol–water partition coefficient (Wildman–Crippen LogP) is 4.40. The number of carbonyl (C=O) groups is 2. The Hall–Kier alpha value is -3.92. The van der Waals surface area contributed by atoms with Crippen LogP contribution in [0.5, 0.6) is 5.75 Å². The maximum atomic E-state index is 13.9. The lowest BCUT2D eigenvalue weighted by atomic mass is 10.1. The number of methoxy groups -OCH3 is 1. The summed E-state index contributed by atoms with van der Waals surface area (Å²) in [6.07, 6.45) is 0.460. The molecule has 0 aliphatic heterocycles. The number of hydrogen-bond donors (Lipinski definition) is 1. The van der Waals surface area contributed by atoms with Crippen LogP contribution in [0, 0.1) is 5.82 Å². The molecule has 0 heterocycles. The van der Waals surface area contributed by atoms with E-state index < -0.39 is 39.9 Å². The van der Waals surface area contributed by atoms with Crippen molar-refractivity contribution in [2.24, 2.45) is 0 Å². The Kier molecular flexibility index (Phi) is 9.92. The standard InChI is InChI=1S/C30H36FN3O5S/c1-22(29(36)32-30(2,3)4)33(20-19-23-9-7-6-8-10-23)28(35)21-34(25-13-11-24(31)12-14-25)40(37,38)27-17-15-26(39-5)16-18-27/h6-18,22H,19-21H2,1-5H3,(H,32,36)/t22-/m1/s1. The van der Waals surface area contributed by atoms with Crippen LogP contribution in [0.25, 0.3) is 0 Å². The van der Waals surface area contributed by atoms with Crippen LogP contribution in [0.15, 0.2) is 83.8 Å². The maximum absolute atomic E-state index is 13.9. The Labute approximate surface area is 235 Å². The molecule has 0 aliphatic carbocycles. The molecule has 0 spiro atoms. The van der Waals surface area contributed by atoms with E-state index in [0.29, 0.717) is 12.2 Å². The summed E-state index contributed by atoms with van der Waals surface area (Å²) in [5.41, 5.74) is 0.544. The number of ether oxygens (including phenoxy) is 1. The van der Waals surface area contributed by atoms with E-state index in [1.54, 1.807) is 6.92 Å². The smallest absolute Gasteiger partial charge is 0.264 e. The van der Waals surface area contributed by atoms with E-state index in [4.69, 9.17) is 4.74 Å². The van der Waals surface area contributed by atoms with Crippen LogP contribution >= 0.6 is 0 Å². The number of sulfonamides is 1. The molecule has 0 fully saturated rings. The van der Waals surface area contributed by atoms with Crippen LogP contribution in [0.4, 0.5) is 10.1 Å². The van der Waals surface area contributed by atoms with Crippen molar-refractivity contribution in [1.29, 1.82) is 0 Å². The molecule has 0 aliphatic rings. The molecule has 214 valence electrons. The Morgan fingerprint density at radius 1 is 0.950 bits per heavy atom. The quantitative estimate of drug-likeness (QED) is 0.369. The zero-order valence-corrected chi connectivity index (χ0v) is 24.2. The Balaban J connectivity index is 1.98. The normalized spacial score (nSPS) is 12.3. The van der Waals surface area contributed by atoms with Gasteiger partial charge in [-0.3, -0.25) is 13.9 Å². The van der Waals surface area contributed by atoms with Crippen LogP contribution in [0.2, 0.25) is 0 Å². The van der Waals surface area contributed by atoms with Gasteiger partial charge in [-0.1, -0.05) is 30.3 Å². The van der Waals surface area contributed by atoms with E-state index in [0.717, 1.165) is 22.0 Å². The highest BCUT2D eigenvalue weighted by Gasteiger charge is 2.33. The van der Waals surface area contributed by atoms with Gasteiger partial charge in [-0.15, -0.1) is 0 Å². The largest absolute Gasteiger partial charge is 0.497 e. The van der Waals surface area contributed by atoms with Gasteiger partial charge in [0, 0.05) is 12.1 Å². The lowest BCUT2D eigenvalue weighted by Gasteiger charge is -2.33. The Morgan fingerprint density at radius 2 is 1.55 bits per heavy atom. The molecule has 3 rings (SSSR count). The van der Waals surface area contributed by atoms with Crippen LogP contribution in [-0.4, -0.2) is 56.9 Å². The number of rotatable bonds is 11. The van der Waals surface area contributed by atoms with E-state index in [1.807, 2.05) is 51.1 Å². The molecule has 0 saturated carbocycles. The minimum Gasteiger partial charge on any atom is -0.497 e. The van der Waals surface area contributed by atoms with Crippen molar-refractivity contribution >= 4 is 27.5 Å². The molecule has 40 heavy (non-hydrogen) atoms. The summed E-state index contributed by atoms with van der Waals surface area (Å²) < 4.78 is 47.4. The van der Waals surface area contributed by atoms with Gasteiger partial charge < -0.3 is 15.0 Å². The number of hydrogen-bond acceptors (Lipinski definition) is 5. The topological polar surface area (TPSA) is 96.0 Å². The third-order valence-electron chi connectivity index (χ3n) is 6.19. The number of amides is 2. The van der Waals surface area contributed by atoms with E-state index in [2.05, 4.69) is 5.32 Å². The highest BCUT2D eigenvalue weighted by Crippen LogP contribution is 2.26. The van der Waals surface area contributed by atoms with Crippen LogP contribution in [0.3, 0.4) is 0 Å².